The molecule has 1 unspecified atom stereocenters. The highest BCUT2D eigenvalue weighted by Gasteiger charge is 2.14. The molecule has 1 radical (unpaired) electrons. The summed E-state index contributed by atoms with van der Waals surface area (Å²) >= 11 is 0. The Morgan fingerprint density at radius 1 is 1.67 bits per heavy atom. The van der Waals surface area contributed by atoms with Crippen LogP contribution < -0.4 is 0 Å². The first-order chi connectivity index (χ1) is 4.43. The molecule has 53 valence electrons. The molecule has 1 aliphatic heterocycles. The zero-order valence-electron chi connectivity index (χ0n) is 5.34. The molecule has 1 rings (SSSR count). The van der Waals surface area contributed by atoms with Gasteiger partial charge in [-0.05, 0) is 6.42 Å². The van der Waals surface area contributed by atoms with E-state index in [0.717, 1.165) is 19.4 Å². The number of hydrogen-bond acceptors (Lipinski definition) is 3. The summed E-state index contributed by atoms with van der Waals surface area (Å²) in [6, 6.07) is 0. The molecule has 3 heteroatoms. The van der Waals surface area contributed by atoms with E-state index in [9.17, 15) is 0 Å². The molecule has 0 N–H and O–H groups in total. The molecule has 9 heavy (non-hydrogen) atoms. The fourth-order valence-corrected chi connectivity index (χ4v) is 0.804. The molecule has 0 amide bonds. The molecule has 0 saturated carbocycles. The third-order valence-electron chi connectivity index (χ3n) is 1.23. The third kappa shape index (κ3) is 2.30. The fraction of sp³-hybridized carbons (Fsp3) is 0.833. The topological polar surface area (TPSA) is 27.7 Å². The van der Waals surface area contributed by atoms with Crippen LogP contribution in [0.3, 0.4) is 0 Å². The Hall–Kier alpha value is -0.120. The van der Waals surface area contributed by atoms with Crippen molar-refractivity contribution in [2.75, 3.05) is 13.4 Å². The van der Waals surface area contributed by atoms with E-state index < -0.39 is 0 Å². The smallest absolute Gasteiger partial charge is 0.160 e. The molecule has 0 aromatic rings. The maximum absolute atomic E-state index is 5.12. The van der Waals surface area contributed by atoms with E-state index in [1.54, 1.807) is 0 Å². The second kappa shape index (κ2) is 3.82. The Morgan fingerprint density at radius 2 is 2.56 bits per heavy atom. The van der Waals surface area contributed by atoms with E-state index in [-0.39, 0.29) is 13.1 Å². The largest absolute Gasteiger partial charge is 0.353 e. The van der Waals surface area contributed by atoms with Gasteiger partial charge in [-0.15, -0.1) is 0 Å². The van der Waals surface area contributed by atoms with Crippen LogP contribution in [0.4, 0.5) is 0 Å². The minimum absolute atomic E-state index is 0.0493. The molecule has 1 heterocycles. The number of hydrogen-bond donors (Lipinski definition) is 0. The van der Waals surface area contributed by atoms with Crippen molar-refractivity contribution in [1.82, 2.24) is 0 Å². The van der Waals surface area contributed by atoms with Gasteiger partial charge in [0.2, 0.25) is 0 Å². The molecular formula is C6H11O3. The summed E-state index contributed by atoms with van der Waals surface area (Å²) in [6.07, 6.45) is 2.01. The Kier molecular flexibility index (Phi) is 2.97. The molecule has 1 atom stereocenters. The second-order valence-electron chi connectivity index (χ2n) is 1.93. The summed E-state index contributed by atoms with van der Waals surface area (Å²) < 4.78 is 14.6. The van der Waals surface area contributed by atoms with Crippen LogP contribution in [0.15, 0.2) is 0 Å². The summed E-state index contributed by atoms with van der Waals surface area (Å²) in [5.41, 5.74) is 0. The maximum Gasteiger partial charge on any atom is 0.160 e. The monoisotopic (exact) mass is 131 g/mol. The lowest BCUT2D eigenvalue weighted by atomic mass is 10.4. The van der Waals surface area contributed by atoms with Crippen molar-refractivity contribution in [2.24, 2.45) is 0 Å². The molecule has 1 fully saturated rings. The van der Waals surface area contributed by atoms with Crippen molar-refractivity contribution in [3.63, 3.8) is 0 Å². The lowest BCUT2D eigenvalue weighted by molar-refractivity contribution is -0.160. The highest BCUT2D eigenvalue weighted by Crippen LogP contribution is 2.12. The first-order valence-electron chi connectivity index (χ1n) is 3.03. The minimum atomic E-state index is -0.0493. The van der Waals surface area contributed by atoms with Gasteiger partial charge in [0, 0.05) is 13.0 Å². The molecule has 1 saturated heterocycles. The van der Waals surface area contributed by atoms with Crippen LogP contribution in [0.5, 0.6) is 0 Å². The van der Waals surface area contributed by atoms with Crippen LogP contribution in [0, 0.1) is 7.11 Å². The molecule has 1 aliphatic rings. The van der Waals surface area contributed by atoms with Crippen LogP contribution in [0.2, 0.25) is 0 Å². The zero-order chi connectivity index (χ0) is 6.53. The zero-order valence-corrected chi connectivity index (χ0v) is 5.34. The fourth-order valence-electron chi connectivity index (χ4n) is 0.804. The van der Waals surface area contributed by atoms with Gasteiger partial charge >= 0.3 is 0 Å². The second-order valence-corrected chi connectivity index (χ2v) is 1.93. The van der Waals surface area contributed by atoms with E-state index in [0.29, 0.717) is 0 Å². The van der Waals surface area contributed by atoms with Crippen LogP contribution in [-0.2, 0) is 14.2 Å². The predicted molar refractivity (Wildman–Crippen MR) is 31.4 cm³/mol. The summed E-state index contributed by atoms with van der Waals surface area (Å²) in [5.74, 6) is 0. The van der Waals surface area contributed by atoms with Crippen molar-refractivity contribution in [3.8, 4) is 0 Å². The molecule has 0 bridgehead atoms. The van der Waals surface area contributed by atoms with Gasteiger partial charge in [-0.3, -0.25) is 0 Å². The Morgan fingerprint density at radius 3 is 3.11 bits per heavy atom. The molecule has 3 nitrogen and oxygen atoms in total. The summed E-state index contributed by atoms with van der Waals surface area (Å²) in [6.45, 7) is 1.03. The average molecular weight is 131 g/mol. The van der Waals surface area contributed by atoms with Crippen molar-refractivity contribution in [1.29, 1.82) is 0 Å². The lowest BCUT2D eigenvalue weighted by Gasteiger charge is -2.08. The highest BCUT2D eigenvalue weighted by molar-refractivity contribution is 4.52. The van der Waals surface area contributed by atoms with Crippen molar-refractivity contribution < 1.29 is 14.2 Å². The van der Waals surface area contributed by atoms with Crippen LogP contribution in [0.1, 0.15) is 12.8 Å². The number of rotatable bonds is 3. The van der Waals surface area contributed by atoms with Crippen LogP contribution in [0.25, 0.3) is 0 Å². The standard InChI is InChI=1S/C6H11O3/c1-7-5-9-6-3-2-4-8-6/h6H,1-5H2. The summed E-state index contributed by atoms with van der Waals surface area (Å²) in [7, 11) is 3.17. The van der Waals surface area contributed by atoms with E-state index in [1.807, 2.05) is 0 Å². The quantitative estimate of drug-likeness (QED) is 0.533. The van der Waals surface area contributed by atoms with E-state index in [4.69, 9.17) is 9.47 Å². The van der Waals surface area contributed by atoms with Gasteiger partial charge in [-0.2, -0.15) is 0 Å². The Bertz CT molecular complexity index is 68.7. The van der Waals surface area contributed by atoms with Gasteiger partial charge in [0.1, 0.15) is 6.79 Å². The first-order valence-corrected chi connectivity index (χ1v) is 3.03. The molecule has 0 spiro atoms. The van der Waals surface area contributed by atoms with Gasteiger partial charge < -0.3 is 14.2 Å². The average Bonchev–Trinajstić information content (AvgIpc) is 2.34. The van der Waals surface area contributed by atoms with Crippen molar-refractivity contribution >= 4 is 0 Å². The third-order valence-corrected chi connectivity index (χ3v) is 1.23. The van der Waals surface area contributed by atoms with Gasteiger partial charge in [0.15, 0.2) is 6.29 Å². The lowest BCUT2D eigenvalue weighted by Crippen LogP contribution is -2.11. The van der Waals surface area contributed by atoms with Crippen LogP contribution >= 0.6 is 0 Å². The van der Waals surface area contributed by atoms with Crippen LogP contribution in [-0.4, -0.2) is 19.7 Å². The van der Waals surface area contributed by atoms with Gasteiger partial charge in [0.05, 0.1) is 7.11 Å². The molecule has 0 aromatic carbocycles. The summed E-state index contributed by atoms with van der Waals surface area (Å²) in [4.78, 5) is 0. The maximum atomic E-state index is 5.12. The van der Waals surface area contributed by atoms with Crippen molar-refractivity contribution in [2.45, 2.75) is 19.1 Å². The number of ether oxygens (including phenoxy) is 3. The molecule has 0 aromatic heterocycles. The first kappa shape index (κ1) is 6.99. The predicted octanol–water partition coefficient (Wildman–Crippen LogP) is 0.905. The Balaban J connectivity index is 1.98. The molecule has 0 aliphatic carbocycles. The van der Waals surface area contributed by atoms with E-state index in [1.165, 1.54) is 0 Å². The van der Waals surface area contributed by atoms with E-state index in [2.05, 4.69) is 11.8 Å². The van der Waals surface area contributed by atoms with Gasteiger partial charge in [0.25, 0.3) is 0 Å². The van der Waals surface area contributed by atoms with Crippen molar-refractivity contribution in [3.05, 3.63) is 7.11 Å². The summed E-state index contributed by atoms with van der Waals surface area (Å²) in [5, 5.41) is 0. The van der Waals surface area contributed by atoms with Gasteiger partial charge in [-0.25, -0.2) is 0 Å². The van der Waals surface area contributed by atoms with E-state index >= 15 is 0 Å². The van der Waals surface area contributed by atoms with Gasteiger partial charge in [-0.1, -0.05) is 0 Å². The highest BCUT2D eigenvalue weighted by atomic mass is 16.7. The minimum Gasteiger partial charge on any atom is -0.353 e. The normalized spacial score (nSPS) is 27.0. The Labute approximate surface area is 54.9 Å². The SMILES string of the molecule is [CH2]OCOC1CCCO1. The molecular weight excluding hydrogens is 120 g/mol.